The minimum atomic E-state index is -0.204. The van der Waals surface area contributed by atoms with Gasteiger partial charge < -0.3 is 10.1 Å². The Morgan fingerprint density at radius 2 is 2.04 bits per heavy atom. The van der Waals surface area contributed by atoms with Crippen LogP contribution < -0.4 is 15.9 Å². The number of benzene rings is 1. The molecule has 24 heavy (non-hydrogen) atoms. The normalized spacial score (nSPS) is 17.9. The van der Waals surface area contributed by atoms with E-state index in [4.69, 9.17) is 4.74 Å². The van der Waals surface area contributed by atoms with Crippen LogP contribution in [0.15, 0.2) is 39.9 Å². The Hall–Kier alpha value is -1.70. The number of rotatable bonds is 7. The number of unbranched alkanes of at least 4 members (excludes halogenated alkanes) is 1. The number of morpholine rings is 1. The first-order chi connectivity index (χ1) is 11.7. The molecule has 2 heterocycles. The molecule has 3 rings (SSSR count). The smallest absolute Gasteiger partial charge is 0.341 e. The van der Waals surface area contributed by atoms with Crippen LogP contribution in [0.4, 0.5) is 0 Å². The van der Waals surface area contributed by atoms with Crippen molar-refractivity contribution in [1.29, 1.82) is 0 Å². The molecule has 2 aromatic rings. The third kappa shape index (κ3) is 4.43. The lowest BCUT2D eigenvalue weighted by Crippen LogP contribution is -2.38. The molecule has 0 bridgehead atoms. The summed E-state index contributed by atoms with van der Waals surface area (Å²) in [6, 6.07) is 9.59. The van der Waals surface area contributed by atoms with Crippen LogP contribution in [-0.4, -0.2) is 34.3 Å². The second-order valence-electron chi connectivity index (χ2n) is 6.01. The molecule has 0 radical (unpaired) electrons. The molecule has 1 aromatic heterocycles. The summed E-state index contributed by atoms with van der Waals surface area (Å²) < 4.78 is 8.55. The maximum atomic E-state index is 12.4. The van der Waals surface area contributed by atoms with Crippen molar-refractivity contribution < 1.29 is 4.74 Å². The van der Waals surface area contributed by atoms with Crippen LogP contribution >= 0.6 is 11.5 Å². The van der Waals surface area contributed by atoms with E-state index in [-0.39, 0.29) is 16.7 Å². The molecule has 0 amide bonds. The lowest BCUT2D eigenvalue weighted by atomic mass is 10.1. The van der Waals surface area contributed by atoms with Gasteiger partial charge in [-0.2, -0.15) is 0 Å². The minimum absolute atomic E-state index is 0.191. The van der Waals surface area contributed by atoms with Crippen LogP contribution in [0.5, 0.6) is 0 Å². The molecule has 1 aromatic carbocycles. The van der Waals surface area contributed by atoms with Gasteiger partial charge in [0, 0.05) is 31.2 Å². The van der Waals surface area contributed by atoms with Gasteiger partial charge in [0.1, 0.15) is 0 Å². The van der Waals surface area contributed by atoms with Crippen LogP contribution in [0.3, 0.4) is 0 Å². The molecule has 1 saturated heterocycles. The van der Waals surface area contributed by atoms with E-state index in [1.54, 1.807) is 3.96 Å². The third-order valence-corrected chi connectivity index (χ3v) is 5.11. The highest BCUT2D eigenvalue weighted by Crippen LogP contribution is 2.08. The van der Waals surface area contributed by atoms with Crippen LogP contribution in [0.2, 0.25) is 0 Å². The number of aromatic nitrogens is 2. The molecular weight excluding hydrogens is 326 g/mol. The summed E-state index contributed by atoms with van der Waals surface area (Å²) in [5, 5.41) is 3.31. The van der Waals surface area contributed by atoms with Crippen molar-refractivity contribution in [3.63, 3.8) is 0 Å². The monoisotopic (exact) mass is 349 g/mol. The van der Waals surface area contributed by atoms with Crippen LogP contribution in [0, 0.1) is 0 Å². The summed E-state index contributed by atoms with van der Waals surface area (Å²) in [7, 11) is 0. The van der Waals surface area contributed by atoms with Crippen molar-refractivity contribution in [3.05, 3.63) is 56.0 Å². The molecule has 1 N–H and O–H groups in total. The molecule has 1 aliphatic heterocycles. The van der Waals surface area contributed by atoms with Gasteiger partial charge in [0.05, 0.1) is 19.3 Å². The topological polar surface area (TPSA) is 65.3 Å². The molecule has 0 spiro atoms. The van der Waals surface area contributed by atoms with E-state index in [2.05, 4.69) is 5.32 Å². The summed E-state index contributed by atoms with van der Waals surface area (Å²) in [6.07, 6.45) is 3.13. The molecule has 1 unspecified atom stereocenters. The van der Waals surface area contributed by atoms with E-state index >= 15 is 0 Å². The summed E-state index contributed by atoms with van der Waals surface area (Å²) in [5.41, 5.74) is 0.757. The van der Waals surface area contributed by atoms with Gasteiger partial charge >= 0.3 is 10.6 Å². The fourth-order valence-electron chi connectivity index (χ4n) is 2.87. The van der Waals surface area contributed by atoms with E-state index in [0.29, 0.717) is 13.1 Å². The zero-order valence-corrected chi connectivity index (χ0v) is 14.5. The number of nitrogens with zero attached hydrogens (tertiary/aromatic N) is 2. The second-order valence-corrected chi connectivity index (χ2v) is 6.98. The van der Waals surface area contributed by atoms with E-state index in [9.17, 15) is 9.59 Å². The maximum Gasteiger partial charge on any atom is 0.341 e. The zero-order chi connectivity index (χ0) is 16.8. The fraction of sp³-hybridized carbons (Fsp3) is 0.529. The number of nitrogens with one attached hydrogen (secondary N) is 1. The molecule has 1 atom stereocenters. The Morgan fingerprint density at radius 1 is 1.21 bits per heavy atom. The summed E-state index contributed by atoms with van der Waals surface area (Å²) >= 11 is 1.01. The number of aryl methyl sites for hydroxylation is 1. The van der Waals surface area contributed by atoms with Gasteiger partial charge in [0.15, 0.2) is 0 Å². The van der Waals surface area contributed by atoms with Gasteiger partial charge in [0.2, 0.25) is 0 Å². The van der Waals surface area contributed by atoms with E-state index in [1.807, 2.05) is 30.3 Å². The van der Waals surface area contributed by atoms with Gasteiger partial charge in [-0.05, 0) is 24.8 Å². The van der Waals surface area contributed by atoms with E-state index in [1.165, 1.54) is 4.57 Å². The van der Waals surface area contributed by atoms with Gasteiger partial charge in [-0.1, -0.05) is 30.3 Å². The van der Waals surface area contributed by atoms with Gasteiger partial charge in [0.25, 0.3) is 0 Å². The first kappa shape index (κ1) is 17.1. The largest absolute Gasteiger partial charge is 0.376 e. The molecule has 6 nitrogen and oxygen atoms in total. The Morgan fingerprint density at radius 3 is 2.79 bits per heavy atom. The number of ether oxygens (including phenoxy) is 1. The van der Waals surface area contributed by atoms with Gasteiger partial charge in [-0.3, -0.25) is 4.79 Å². The van der Waals surface area contributed by atoms with Gasteiger partial charge in [-0.15, -0.1) is 0 Å². The van der Waals surface area contributed by atoms with Crippen LogP contribution in [0.1, 0.15) is 24.8 Å². The average Bonchev–Trinajstić information content (AvgIpc) is 2.88. The van der Waals surface area contributed by atoms with Crippen molar-refractivity contribution in [1.82, 2.24) is 13.8 Å². The van der Waals surface area contributed by atoms with Crippen molar-refractivity contribution in [3.8, 4) is 0 Å². The summed E-state index contributed by atoms with van der Waals surface area (Å²) in [6.45, 7) is 3.54. The average molecular weight is 349 g/mol. The predicted molar refractivity (Wildman–Crippen MR) is 94.8 cm³/mol. The highest BCUT2D eigenvalue weighted by atomic mass is 32.1. The van der Waals surface area contributed by atoms with Gasteiger partial charge in [-0.25, -0.2) is 13.3 Å². The molecule has 130 valence electrons. The van der Waals surface area contributed by atoms with Crippen molar-refractivity contribution >= 4 is 11.5 Å². The molecule has 0 saturated carbocycles. The SMILES string of the molecule is O=c1sn(CCCCC2CNCCO2)c(=O)n1Cc1ccccc1. The van der Waals surface area contributed by atoms with E-state index < -0.39 is 0 Å². The lowest BCUT2D eigenvalue weighted by molar-refractivity contribution is 0.0220. The Bertz CT molecular complexity index is 744. The predicted octanol–water partition coefficient (Wildman–Crippen LogP) is 1.28. The molecular formula is C17H23N3O3S. The minimum Gasteiger partial charge on any atom is -0.376 e. The second kappa shape index (κ2) is 8.41. The standard InChI is InChI=1S/C17H23N3O3S/c21-16-19(13-14-6-2-1-3-7-14)17(22)24-20(16)10-5-4-8-15-12-18-9-11-23-15/h1-3,6-7,15,18H,4-5,8-13H2. The Balaban J connectivity index is 1.54. The first-order valence-corrected chi connectivity index (χ1v) is 9.18. The number of hydrogen-bond donors (Lipinski definition) is 1. The van der Waals surface area contributed by atoms with E-state index in [0.717, 1.165) is 56.1 Å². The van der Waals surface area contributed by atoms with Crippen LogP contribution in [-0.2, 0) is 17.8 Å². The summed E-state index contributed by atoms with van der Waals surface area (Å²) in [4.78, 5) is 24.3. The molecule has 1 aliphatic rings. The Labute approximate surface area is 144 Å². The van der Waals surface area contributed by atoms with Crippen LogP contribution in [0.25, 0.3) is 0 Å². The Kier molecular flexibility index (Phi) is 6.01. The third-order valence-electron chi connectivity index (χ3n) is 4.18. The highest BCUT2D eigenvalue weighted by Gasteiger charge is 2.13. The maximum absolute atomic E-state index is 12.4. The zero-order valence-electron chi connectivity index (χ0n) is 13.6. The first-order valence-electron chi connectivity index (χ1n) is 8.41. The number of hydrogen-bond acceptors (Lipinski definition) is 5. The molecule has 1 fully saturated rings. The summed E-state index contributed by atoms with van der Waals surface area (Å²) in [5.74, 6) is 0. The fourth-order valence-corrected chi connectivity index (χ4v) is 3.69. The quantitative estimate of drug-likeness (QED) is 0.765. The molecule has 0 aliphatic carbocycles. The van der Waals surface area contributed by atoms with Crippen molar-refractivity contribution in [2.24, 2.45) is 0 Å². The highest BCUT2D eigenvalue weighted by molar-refractivity contribution is 7.03. The van der Waals surface area contributed by atoms with Crippen molar-refractivity contribution in [2.75, 3.05) is 19.7 Å². The van der Waals surface area contributed by atoms with Crippen molar-refractivity contribution in [2.45, 2.75) is 38.5 Å². The lowest BCUT2D eigenvalue weighted by Gasteiger charge is -2.23. The molecule has 7 heteroatoms.